The first-order valence-electron chi connectivity index (χ1n) is 4.43. The third kappa shape index (κ3) is 2.53. The number of carbonyl (C=O) groups excluding carboxylic acids is 1. The Labute approximate surface area is 83.0 Å². The van der Waals surface area contributed by atoms with Crippen molar-refractivity contribution in [3.8, 4) is 0 Å². The van der Waals surface area contributed by atoms with E-state index in [1.807, 2.05) is 13.0 Å². The topological polar surface area (TPSA) is 62.2 Å². The van der Waals surface area contributed by atoms with E-state index < -0.39 is 6.10 Å². The van der Waals surface area contributed by atoms with Crippen molar-refractivity contribution in [1.82, 2.24) is 4.98 Å². The Kier molecular flexibility index (Phi) is 3.19. The average molecular weight is 194 g/mol. The zero-order valence-electron chi connectivity index (χ0n) is 8.53. The van der Waals surface area contributed by atoms with E-state index in [0.717, 1.165) is 11.1 Å². The molecule has 4 nitrogen and oxygen atoms in total. The minimum absolute atomic E-state index is 0.148. The zero-order valence-corrected chi connectivity index (χ0v) is 8.53. The zero-order chi connectivity index (χ0) is 10.7. The Hall–Kier alpha value is -1.42. The van der Waals surface area contributed by atoms with Gasteiger partial charge in [0, 0.05) is 13.1 Å². The third-order valence-electron chi connectivity index (χ3n) is 1.88. The monoisotopic (exact) mass is 194 g/mol. The molecule has 0 aliphatic rings. The first kappa shape index (κ1) is 10.7. The summed E-state index contributed by atoms with van der Waals surface area (Å²) >= 11 is 0. The van der Waals surface area contributed by atoms with Gasteiger partial charge in [0.2, 0.25) is 5.91 Å². The van der Waals surface area contributed by atoms with Crippen LogP contribution < -0.4 is 5.32 Å². The molecule has 0 aliphatic heterocycles. The van der Waals surface area contributed by atoms with Crippen LogP contribution in [-0.4, -0.2) is 16.0 Å². The van der Waals surface area contributed by atoms with Crippen LogP contribution in [0.25, 0.3) is 0 Å². The summed E-state index contributed by atoms with van der Waals surface area (Å²) in [6.07, 6.45) is 1.02. The molecule has 0 radical (unpaired) electrons. The van der Waals surface area contributed by atoms with Crippen LogP contribution in [0.4, 0.5) is 5.82 Å². The molecule has 0 fully saturated rings. The first-order chi connectivity index (χ1) is 6.50. The van der Waals surface area contributed by atoms with Crippen LogP contribution in [0.15, 0.2) is 12.3 Å². The van der Waals surface area contributed by atoms with Gasteiger partial charge in [0.1, 0.15) is 5.82 Å². The second-order valence-electron chi connectivity index (χ2n) is 3.29. The molecule has 1 unspecified atom stereocenters. The van der Waals surface area contributed by atoms with Gasteiger partial charge in [-0.15, -0.1) is 0 Å². The van der Waals surface area contributed by atoms with Gasteiger partial charge < -0.3 is 10.4 Å². The highest BCUT2D eigenvalue weighted by molar-refractivity contribution is 5.88. The van der Waals surface area contributed by atoms with Crippen molar-refractivity contribution in [2.45, 2.75) is 26.9 Å². The summed E-state index contributed by atoms with van der Waals surface area (Å²) in [5.41, 5.74) is 1.59. The number of rotatable bonds is 2. The maximum absolute atomic E-state index is 10.8. The number of pyridine rings is 1. The number of hydrogen-bond acceptors (Lipinski definition) is 3. The van der Waals surface area contributed by atoms with Gasteiger partial charge >= 0.3 is 0 Å². The predicted octanol–water partition coefficient (Wildman–Crippen LogP) is 1.40. The van der Waals surface area contributed by atoms with Crippen molar-refractivity contribution >= 4 is 11.7 Å². The van der Waals surface area contributed by atoms with Crippen LogP contribution in [0.3, 0.4) is 0 Å². The van der Waals surface area contributed by atoms with E-state index in [9.17, 15) is 9.90 Å². The number of aromatic nitrogens is 1. The quantitative estimate of drug-likeness (QED) is 0.748. The van der Waals surface area contributed by atoms with Gasteiger partial charge in [-0.2, -0.15) is 0 Å². The van der Waals surface area contributed by atoms with Crippen molar-refractivity contribution in [2.24, 2.45) is 0 Å². The molecule has 1 rings (SSSR count). The number of nitrogens with zero attached hydrogens (tertiary/aromatic N) is 1. The van der Waals surface area contributed by atoms with E-state index in [4.69, 9.17) is 0 Å². The molecule has 0 bridgehead atoms. The Morgan fingerprint density at radius 3 is 2.71 bits per heavy atom. The van der Waals surface area contributed by atoms with Gasteiger partial charge in [-0.3, -0.25) is 4.79 Å². The second-order valence-corrected chi connectivity index (χ2v) is 3.29. The molecule has 14 heavy (non-hydrogen) atoms. The summed E-state index contributed by atoms with van der Waals surface area (Å²) in [5.74, 6) is 0.396. The molecule has 0 saturated carbocycles. The molecule has 4 heteroatoms. The Morgan fingerprint density at radius 1 is 1.64 bits per heavy atom. The Morgan fingerprint density at radius 2 is 2.29 bits per heavy atom. The first-order valence-corrected chi connectivity index (χ1v) is 4.43. The van der Waals surface area contributed by atoms with Crippen LogP contribution in [0.2, 0.25) is 0 Å². The Bertz CT molecular complexity index is 348. The average Bonchev–Trinajstić information content (AvgIpc) is 2.07. The molecule has 76 valence electrons. The molecular weight excluding hydrogens is 180 g/mol. The lowest BCUT2D eigenvalue weighted by Crippen LogP contribution is -2.09. The van der Waals surface area contributed by atoms with E-state index in [0.29, 0.717) is 5.82 Å². The Balaban J connectivity index is 2.95. The molecule has 0 aliphatic carbocycles. The molecule has 1 atom stereocenters. The van der Waals surface area contributed by atoms with Crippen molar-refractivity contribution in [3.05, 3.63) is 23.4 Å². The fraction of sp³-hybridized carbons (Fsp3) is 0.400. The molecule has 0 aromatic carbocycles. The van der Waals surface area contributed by atoms with Crippen molar-refractivity contribution < 1.29 is 9.90 Å². The van der Waals surface area contributed by atoms with E-state index in [1.54, 1.807) is 13.1 Å². The number of carbonyl (C=O) groups is 1. The number of amides is 1. The molecular formula is C10H14N2O2. The number of anilines is 1. The summed E-state index contributed by atoms with van der Waals surface area (Å²) in [7, 11) is 0. The summed E-state index contributed by atoms with van der Waals surface area (Å²) in [6, 6.07) is 1.81. The number of nitrogens with one attached hydrogen (secondary N) is 1. The second kappa shape index (κ2) is 4.19. The fourth-order valence-electron chi connectivity index (χ4n) is 1.12. The number of hydrogen-bond donors (Lipinski definition) is 2. The molecule has 2 N–H and O–H groups in total. The van der Waals surface area contributed by atoms with Gasteiger partial charge in [-0.05, 0) is 31.0 Å². The van der Waals surface area contributed by atoms with Crippen molar-refractivity contribution in [1.29, 1.82) is 0 Å². The highest BCUT2D eigenvalue weighted by Gasteiger charge is 2.06. The SMILES string of the molecule is CC(=O)Nc1ncc(C(C)O)cc1C. The van der Waals surface area contributed by atoms with Crippen LogP contribution >= 0.6 is 0 Å². The van der Waals surface area contributed by atoms with Crippen LogP contribution in [0.1, 0.15) is 31.1 Å². The maximum Gasteiger partial charge on any atom is 0.222 e. The summed E-state index contributed by atoms with van der Waals surface area (Å²) in [4.78, 5) is 14.8. The number of aryl methyl sites for hydroxylation is 1. The van der Waals surface area contributed by atoms with Crippen molar-refractivity contribution in [3.63, 3.8) is 0 Å². The van der Waals surface area contributed by atoms with E-state index >= 15 is 0 Å². The summed E-state index contributed by atoms with van der Waals surface area (Å²) in [5, 5.41) is 11.9. The van der Waals surface area contributed by atoms with Crippen molar-refractivity contribution in [2.75, 3.05) is 5.32 Å². The standard InChI is InChI=1S/C10H14N2O2/c1-6-4-9(7(2)13)5-11-10(6)12-8(3)14/h4-5,7,13H,1-3H3,(H,11,12,14). The van der Waals surface area contributed by atoms with E-state index in [1.165, 1.54) is 6.92 Å². The molecule has 0 saturated heterocycles. The number of aliphatic hydroxyl groups excluding tert-OH is 1. The lowest BCUT2D eigenvalue weighted by Gasteiger charge is -2.09. The fourth-order valence-corrected chi connectivity index (χ4v) is 1.12. The lowest BCUT2D eigenvalue weighted by molar-refractivity contribution is -0.114. The van der Waals surface area contributed by atoms with Crippen LogP contribution in [0.5, 0.6) is 0 Å². The van der Waals surface area contributed by atoms with E-state index in [2.05, 4.69) is 10.3 Å². The minimum atomic E-state index is -0.535. The van der Waals surface area contributed by atoms with Crippen LogP contribution in [0, 0.1) is 6.92 Å². The van der Waals surface area contributed by atoms with Crippen LogP contribution in [-0.2, 0) is 4.79 Å². The lowest BCUT2D eigenvalue weighted by atomic mass is 10.1. The molecule has 1 aromatic rings. The largest absolute Gasteiger partial charge is 0.389 e. The van der Waals surface area contributed by atoms with Gasteiger partial charge in [0.25, 0.3) is 0 Å². The smallest absolute Gasteiger partial charge is 0.222 e. The predicted molar refractivity (Wildman–Crippen MR) is 53.9 cm³/mol. The summed E-state index contributed by atoms with van der Waals surface area (Å²) in [6.45, 7) is 4.95. The third-order valence-corrected chi connectivity index (χ3v) is 1.88. The highest BCUT2D eigenvalue weighted by Crippen LogP contribution is 2.17. The number of aliphatic hydroxyl groups is 1. The molecule has 1 heterocycles. The highest BCUT2D eigenvalue weighted by atomic mass is 16.3. The van der Waals surface area contributed by atoms with Gasteiger partial charge in [0.05, 0.1) is 6.10 Å². The molecule has 1 aromatic heterocycles. The van der Waals surface area contributed by atoms with Gasteiger partial charge in [-0.1, -0.05) is 0 Å². The maximum atomic E-state index is 10.8. The molecule has 1 amide bonds. The van der Waals surface area contributed by atoms with E-state index in [-0.39, 0.29) is 5.91 Å². The van der Waals surface area contributed by atoms with Gasteiger partial charge in [-0.25, -0.2) is 4.98 Å². The normalized spacial score (nSPS) is 12.3. The van der Waals surface area contributed by atoms with Gasteiger partial charge in [0.15, 0.2) is 0 Å². The summed E-state index contributed by atoms with van der Waals surface area (Å²) < 4.78 is 0. The minimum Gasteiger partial charge on any atom is -0.389 e. The molecule has 0 spiro atoms.